The first kappa shape index (κ1) is 32.7. The number of hydrogen-bond donors (Lipinski definition) is 0. The lowest BCUT2D eigenvalue weighted by Gasteiger charge is -2.22. The molecule has 0 N–H and O–H groups in total. The topological polar surface area (TPSA) is 25.8 Å². The van der Waals surface area contributed by atoms with Crippen molar-refractivity contribution in [2.24, 2.45) is 0 Å². The van der Waals surface area contributed by atoms with Crippen molar-refractivity contribution in [3.05, 3.63) is 205 Å². The number of aromatic nitrogens is 2. The van der Waals surface area contributed by atoms with E-state index in [9.17, 15) is 0 Å². The fourth-order valence-electron chi connectivity index (χ4n) is 8.54. The van der Waals surface area contributed by atoms with Crippen LogP contribution in [0.5, 0.6) is 0 Å². The molecule has 0 saturated heterocycles. The van der Waals surface area contributed by atoms with Crippen LogP contribution in [0, 0.1) is 0 Å². The molecule has 8 aromatic carbocycles. The van der Waals surface area contributed by atoms with E-state index < -0.39 is 0 Å². The first-order valence-corrected chi connectivity index (χ1v) is 19.0. The van der Waals surface area contributed by atoms with Crippen molar-refractivity contribution in [2.75, 3.05) is 0 Å². The quantitative estimate of drug-likeness (QED) is 0.172. The number of rotatable bonds is 6. The predicted molar refractivity (Wildman–Crippen MR) is 230 cm³/mol. The molecule has 10 rings (SSSR count). The second kappa shape index (κ2) is 13.2. The Kier molecular flexibility index (Phi) is 7.85. The third-order valence-electron chi connectivity index (χ3n) is 11.3. The Morgan fingerprint density at radius 1 is 0.327 bits per heavy atom. The summed E-state index contributed by atoms with van der Waals surface area (Å²) in [4.78, 5) is 10.4. The van der Waals surface area contributed by atoms with E-state index in [1.54, 1.807) is 0 Å². The van der Waals surface area contributed by atoms with Crippen molar-refractivity contribution in [1.82, 2.24) is 9.97 Å². The van der Waals surface area contributed by atoms with Crippen molar-refractivity contribution >= 4 is 10.8 Å². The minimum Gasteiger partial charge on any atom is -0.228 e. The van der Waals surface area contributed by atoms with Crippen LogP contribution < -0.4 is 0 Å². The lowest BCUT2D eigenvalue weighted by atomic mass is 9.81. The normalized spacial score (nSPS) is 12.7. The molecular weight excluding hydrogens is 665 g/mol. The van der Waals surface area contributed by atoms with Crippen LogP contribution in [0.3, 0.4) is 0 Å². The first-order chi connectivity index (χ1) is 27.0. The van der Waals surface area contributed by atoms with Crippen molar-refractivity contribution in [3.8, 4) is 78.4 Å². The maximum atomic E-state index is 5.22. The van der Waals surface area contributed by atoms with Crippen LogP contribution in [0.25, 0.3) is 89.2 Å². The van der Waals surface area contributed by atoms with E-state index in [1.807, 2.05) is 18.2 Å². The zero-order valence-electron chi connectivity index (χ0n) is 30.9. The third kappa shape index (κ3) is 5.66. The van der Waals surface area contributed by atoms with Gasteiger partial charge in [0.1, 0.15) is 0 Å². The molecule has 2 heteroatoms. The number of nitrogens with zero attached hydrogens (tertiary/aromatic N) is 2. The SMILES string of the molecule is CC1(C)c2cc3ccccc3cc2-c2c(-c3ccccc3-c3cccc(-c4cc(-c5ccccc5-c5ccccc5)nc(-c5ccccc5)n4)c3)cccc21. The van der Waals surface area contributed by atoms with Crippen LogP contribution in [0.4, 0.5) is 0 Å². The Balaban J connectivity index is 1.13. The zero-order chi connectivity index (χ0) is 36.9. The second-order valence-corrected chi connectivity index (χ2v) is 15.0. The Morgan fingerprint density at radius 3 is 1.60 bits per heavy atom. The summed E-state index contributed by atoms with van der Waals surface area (Å²) in [7, 11) is 0. The number of fused-ring (bicyclic) bond motifs is 4. The molecular formula is C53H38N2. The zero-order valence-corrected chi connectivity index (χ0v) is 30.9. The van der Waals surface area contributed by atoms with Crippen LogP contribution >= 0.6 is 0 Å². The molecule has 0 unspecified atom stereocenters. The van der Waals surface area contributed by atoms with Gasteiger partial charge in [-0.05, 0) is 90.7 Å². The van der Waals surface area contributed by atoms with Gasteiger partial charge >= 0.3 is 0 Å². The fraction of sp³-hybridized carbons (Fsp3) is 0.0566. The molecule has 1 aliphatic carbocycles. The third-order valence-corrected chi connectivity index (χ3v) is 11.3. The maximum Gasteiger partial charge on any atom is 0.160 e. The van der Waals surface area contributed by atoms with Gasteiger partial charge in [-0.3, -0.25) is 0 Å². The van der Waals surface area contributed by atoms with Gasteiger partial charge in [-0.1, -0.05) is 184 Å². The van der Waals surface area contributed by atoms with Gasteiger partial charge in [0.05, 0.1) is 11.4 Å². The summed E-state index contributed by atoms with van der Waals surface area (Å²) in [6, 6.07) is 69.6. The van der Waals surface area contributed by atoms with Gasteiger partial charge in [-0.2, -0.15) is 0 Å². The van der Waals surface area contributed by atoms with Crippen LogP contribution in [0.1, 0.15) is 25.0 Å². The molecule has 55 heavy (non-hydrogen) atoms. The van der Waals surface area contributed by atoms with Crippen LogP contribution in [-0.4, -0.2) is 9.97 Å². The maximum absolute atomic E-state index is 5.22. The molecule has 0 amide bonds. The van der Waals surface area contributed by atoms with Gasteiger partial charge in [-0.25, -0.2) is 9.97 Å². The monoisotopic (exact) mass is 702 g/mol. The van der Waals surface area contributed by atoms with Gasteiger partial charge in [0.2, 0.25) is 0 Å². The highest BCUT2D eigenvalue weighted by molar-refractivity contribution is 6.01. The molecule has 9 aromatic rings. The summed E-state index contributed by atoms with van der Waals surface area (Å²) < 4.78 is 0. The molecule has 0 spiro atoms. The van der Waals surface area contributed by atoms with E-state index >= 15 is 0 Å². The van der Waals surface area contributed by atoms with Gasteiger partial charge in [0.25, 0.3) is 0 Å². The average Bonchev–Trinajstić information content (AvgIpc) is 3.48. The summed E-state index contributed by atoms with van der Waals surface area (Å²) in [6.07, 6.45) is 0. The molecule has 0 saturated carbocycles. The largest absolute Gasteiger partial charge is 0.228 e. The van der Waals surface area contributed by atoms with E-state index in [1.165, 1.54) is 49.7 Å². The van der Waals surface area contributed by atoms with Crippen molar-refractivity contribution in [3.63, 3.8) is 0 Å². The Hall–Kier alpha value is -6.90. The van der Waals surface area contributed by atoms with Gasteiger partial charge in [-0.15, -0.1) is 0 Å². The molecule has 0 atom stereocenters. The van der Waals surface area contributed by atoms with Crippen molar-refractivity contribution in [2.45, 2.75) is 19.3 Å². The standard InChI is InChI=1S/C53H38N2/c1-53(2)47-30-16-29-45(51(47)46-32-37-21-9-10-22-38(37)33-48(46)53)43-27-13-11-26-42(43)39-23-15-24-40(31-39)49-34-50(55-52(54-49)36-19-7-4-8-20-36)44-28-14-12-25-41(44)35-17-5-3-6-18-35/h3-34H,1-2H3. The summed E-state index contributed by atoms with van der Waals surface area (Å²) in [5.74, 6) is 0.704. The summed E-state index contributed by atoms with van der Waals surface area (Å²) >= 11 is 0. The van der Waals surface area contributed by atoms with Crippen LogP contribution in [0.2, 0.25) is 0 Å². The lowest BCUT2D eigenvalue weighted by molar-refractivity contribution is 0.661. The molecule has 0 bridgehead atoms. The van der Waals surface area contributed by atoms with Gasteiger partial charge < -0.3 is 0 Å². The van der Waals surface area contributed by atoms with Crippen LogP contribution in [0.15, 0.2) is 194 Å². The highest BCUT2D eigenvalue weighted by Crippen LogP contribution is 2.54. The lowest BCUT2D eigenvalue weighted by Crippen LogP contribution is -2.14. The van der Waals surface area contributed by atoms with Crippen LogP contribution in [-0.2, 0) is 5.41 Å². The highest BCUT2D eigenvalue weighted by atomic mass is 14.9. The number of benzene rings is 8. The van der Waals surface area contributed by atoms with E-state index in [0.717, 1.165) is 44.8 Å². The summed E-state index contributed by atoms with van der Waals surface area (Å²) in [5.41, 5.74) is 17.3. The Labute approximate surface area is 322 Å². The minimum atomic E-state index is -0.111. The van der Waals surface area contributed by atoms with E-state index in [-0.39, 0.29) is 5.41 Å². The van der Waals surface area contributed by atoms with Gasteiger partial charge in [0.15, 0.2) is 5.82 Å². The summed E-state index contributed by atoms with van der Waals surface area (Å²) in [6.45, 7) is 4.73. The highest BCUT2D eigenvalue weighted by Gasteiger charge is 2.37. The van der Waals surface area contributed by atoms with Gasteiger partial charge in [0, 0.05) is 22.1 Å². The predicted octanol–water partition coefficient (Wildman–Crippen LogP) is 13.9. The Morgan fingerprint density at radius 2 is 0.855 bits per heavy atom. The molecule has 0 aliphatic heterocycles. The molecule has 1 aliphatic rings. The molecule has 2 nitrogen and oxygen atoms in total. The number of hydrogen-bond acceptors (Lipinski definition) is 2. The van der Waals surface area contributed by atoms with Crippen molar-refractivity contribution in [1.29, 1.82) is 0 Å². The van der Waals surface area contributed by atoms with Crippen molar-refractivity contribution < 1.29 is 0 Å². The average molecular weight is 703 g/mol. The fourth-order valence-corrected chi connectivity index (χ4v) is 8.54. The molecule has 1 aromatic heterocycles. The van der Waals surface area contributed by atoms with E-state index in [0.29, 0.717) is 5.82 Å². The summed E-state index contributed by atoms with van der Waals surface area (Å²) in [5, 5.41) is 2.55. The Bertz CT molecular complexity index is 2890. The van der Waals surface area contributed by atoms with E-state index in [2.05, 4.69) is 190 Å². The molecule has 0 radical (unpaired) electrons. The first-order valence-electron chi connectivity index (χ1n) is 19.0. The van der Waals surface area contributed by atoms with E-state index in [4.69, 9.17) is 9.97 Å². The molecule has 1 heterocycles. The second-order valence-electron chi connectivity index (χ2n) is 15.0. The smallest absolute Gasteiger partial charge is 0.160 e. The molecule has 0 fully saturated rings. The minimum absolute atomic E-state index is 0.111. The molecule has 260 valence electrons.